The quantitative estimate of drug-likeness (QED) is 0.474. The highest BCUT2D eigenvalue weighted by Crippen LogP contribution is 2.09. The monoisotopic (exact) mass is 340 g/mol. The molecular weight excluding hydrogens is 312 g/mol. The number of hydrogen-bond acceptors (Lipinski definition) is 4. The van der Waals surface area contributed by atoms with Crippen molar-refractivity contribution in [2.45, 2.75) is 65.1 Å². The molecule has 136 valence electrons. The second-order valence-corrected chi connectivity index (χ2v) is 6.79. The SMILES string of the molecule is CC(C)C[C@H](NC(=O)[C@@H]1CCC(=O)N1)C(=O)NCC(=O)NC(C)C. The molecule has 0 aliphatic carbocycles. The van der Waals surface area contributed by atoms with Crippen LogP contribution < -0.4 is 21.3 Å². The number of carbonyl (C=O) groups is 4. The van der Waals surface area contributed by atoms with E-state index in [1.807, 2.05) is 27.7 Å². The average molecular weight is 340 g/mol. The second kappa shape index (κ2) is 9.24. The van der Waals surface area contributed by atoms with E-state index in [0.717, 1.165) is 0 Å². The van der Waals surface area contributed by atoms with Gasteiger partial charge in [0.15, 0.2) is 0 Å². The fraction of sp³-hybridized carbons (Fsp3) is 0.750. The van der Waals surface area contributed by atoms with E-state index in [0.29, 0.717) is 19.3 Å². The van der Waals surface area contributed by atoms with E-state index < -0.39 is 18.0 Å². The van der Waals surface area contributed by atoms with Gasteiger partial charge in [0.1, 0.15) is 12.1 Å². The van der Waals surface area contributed by atoms with Crippen molar-refractivity contribution in [1.82, 2.24) is 21.3 Å². The zero-order valence-electron chi connectivity index (χ0n) is 14.8. The van der Waals surface area contributed by atoms with E-state index in [4.69, 9.17) is 0 Å². The largest absolute Gasteiger partial charge is 0.352 e. The van der Waals surface area contributed by atoms with Crippen molar-refractivity contribution in [3.8, 4) is 0 Å². The van der Waals surface area contributed by atoms with Gasteiger partial charge in [-0.2, -0.15) is 0 Å². The summed E-state index contributed by atoms with van der Waals surface area (Å²) in [6.07, 6.45) is 1.19. The Kier molecular flexibility index (Phi) is 7.67. The molecule has 4 N–H and O–H groups in total. The van der Waals surface area contributed by atoms with Crippen molar-refractivity contribution in [3.63, 3.8) is 0 Å². The Labute approximate surface area is 142 Å². The predicted octanol–water partition coefficient (Wildman–Crippen LogP) is -0.563. The molecule has 1 rings (SSSR count). The number of carbonyl (C=O) groups excluding carboxylic acids is 4. The first kappa shape index (κ1) is 19.9. The molecule has 4 amide bonds. The summed E-state index contributed by atoms with van der Waals surface area (Å²) in [5, 5.41) is 10.5. The van der Waals surface area contributed by atoms with E-state index in [1.165, 1.54) is 0 Å². The van der Waals surface area contributed by atoms with Gasteiger partial charge in [-0.05, 0) is 32.6 Å². The minimum absolute atomic E-state index is 0.00783. The van der Waals surface area contributed by atoms with Gasteiger partial charge in [-0.25, -0.2) is 0 Å². The van der Waals surface area contributed by atoms with E-state index in [2.05, 4.69) is 21.3 Å². The van der Waals surface area contributed by atoms with Crippen LogP contribution in [0.4, 0.5) is 0 Å². The molecule has 1 aliphatic heterocycles. The Balaban J connectivity index is 2.56. The Bertz CT molecular complexity index is 490. The minimum Gasteiger partial charge on any atom is -0.352 e. The van der Waals surface area contributed by atoms with Crippen molar-refractivity contribution in [1.29, 1.82) is 0 Å². The normalized spacial score (nSPS) is 18.2. The molecule has 8 nitrogen and oxygen atoms in total. The van der Waals surface area contributed by atoms with Gasteiger partial charge < -0.3 is 21.3 Å². The highest BCUT2D eigenvalue weighted by Gasteiger charge is 2.30. The highest BCUT2D eigenvalue weighted by molar-refractivity contribution is 5.94. The first-order valence-corrected chi connectivity index (χ1v) is 8.35. The van der Waals surface area contributed by atoms with Gasteiger partial charge in [-0.15, -0.1) is 0 Å². The third-order valence-corrected chi connectivity index (χ3v) is 3.52. The molecule has 0 radical (unpaired) electrons. The second-order valence-electron chi connectivity index (χ2n) is 6.79. The van der Waals surface area contributed by atoms with Crippen LogP contribution in [0.5, 0.6) is 0 Å². The number of hydrogen-bond donors (Lipinski definition) is 4. The molecule has 0 spiro atoms. The molecule has 0 aromatic heterocycles. The van der Waals surface area contributed by atoms with Crippen LogP contribution in [-0.4, -0.2) is 48.3 Å². The molecule has 0 aromatic carbocycles. The van der Waals surface area contributed by atoms with Crippen molar-refractivity contribution in [2.24, 2.45) is 5.92 Å². The molecule has 0 unspecified atom stereocenters. The van der Waals surface area contributed by atoms with E-state index in [1.54, 1.807) is 0 Å². The average Bonchev–Trinajstić information content (AvgIpc) is 2.89. The molecule has 1 heterocycles. The van der Waals surface area contributed by atoms with Gasteiger partial charge in [-0.1, -0.05) is 13.8 Å². The summed E-state index contributed by atoms with van der Waals surface area (Å²) in [6.45, 7) is 7.40. The number of rotatable bonds is 8. The molecule has 1 fully saturated rings. The summed E-state index contributed by atoms with van der Waals surface area (Å²) < 4.78 is 0. The van der Waals surface area contributed by atoms with Crippen LogP contribution in [0, 0.1) is 5.92 Å². The molecule has 2 atom stereocenters. The van der Waals surface area contributed by atoms with E-state index >= 15 is 0 Å². The molecule has 0 aromatic rings. The van der Waals surface area contributed by atoms with Gasteiger partial charge in [0.2, 0.25) is 23.6 Å². The van der Waals surface area contributed by atoms with Crippen LogP contribution in [0.1, 0.15) is 47.0 Å². The molecule has 8 heteroatoms. The highest BCUT2D eigenvalue weighted by atomic mass is 16.2. The van der Waals surface area contributed by atoms with Crippen molar-refractivity contribution < 1.29 is 19.2 Å². The van der Waals surface area contributed by atoms with Gasteiger partial charge >= 0.3 is 0 Å². The topological polar surface area (TPSA) is 116 Å². The summed E-state index contributed by atoms with van der Waals surface area (Å²) >= 11 is 0. The minimum atomic E-state index is -0.734. The van der Waals surface area contributed by atoms with Gasteiger partial charge in [0.05, 0.1) is 6.54 Å². The fourth-order valence-electron chi connectivity index (χ4n) is 2.45. The maximum atomic E-state index is 12.3. The Morgan fingerprint density at radius 1 is 1.17 bits per heavy atom. The summed E-state index contributed by atoms with van der Waals surface area (Å²) in [7, 11) is 0. The van der Waals surface area contributed by atoms with Crippen LogP contribution in [0.25, 0.3) is 0 Å². The fourth-order valence-corrected chi connectivity index (χ4v) is 2.45. The van der Waals surface area contributed by atoms with Crippen LogP contribution >= 0.6 is 0 Å². The van der Waals surface area contributed by atoms with Gasteiger partial charge in [0.25, 0.3) is 0 Å². The van der Waals surface area contributed by atoms with Crippen molar-refractivity contribution in [3.05, 3.63) is 0 Å². The van der Waals surface area contributed by atoms with Crippen LogP contribution in [0.2, 0.25) is 0 Å². The zero-order chi connectivity index (χ0) is 18.3. The lowest BCUT2D eigenvalue weighted by molar-refractivity contribution is -0.131. The number of nitrogens with one attached hydrogen (secondary N) is 4. The van der Waals surface area contributed by atoms with Gasteiger partial charge in [-0.3, -0.25) is 19.2 Å². The van der Waals surface area contributed by atoms with Gasteiger partial charge in [0, 0.05) is 12.5 Å². The Morgan fingerprint density at radius 3 is 2.33 bits per heavy atom. The molecule has 24 heavy (non-hydrogen) atoms. The molecular formula is C16H28N4O4. The molecule has 0 bridgehead atoms. The Hall–Kier alpha value is -2.12. The maximum absolute atomic E-state index is 12.3. The lowest BCUT2D eigenvalue weighted by Crippen LogP contribution is -2.53. The van der Waals surface area contributed by atoms with Crippen molar-refractivity contribution >= 4 is 23.6 Å². The summed E-state index contributed by atoms with van der Waals surface area (Å²) in [4.78, 5) is 47.3. The molecule has 1 saturated heterocycles. The van der Waals surface area contributed by atoms with E-state index in [9.17, 15) is 19.2 Å². The first-order chi connectivity index (χ1) is 11.2. The Morgan fingerprint density at radius 2 is 1.83 bits per heavy atom. The lowest BCUT2D eigenvalue weighted by Gasteiger charge is -2.22. The van der Waals surface area contributed by atoms with Crippen LogP contribution in [0.3, 0.4) is 0 Å². The molecule has 1 aliphatic rings. The summed E-state index contributed by atoms with van der Waals surface area (Å²) in [6, 6.07) is -1.34. The van der Waals surface area contributed by atoms with E-state index in [-0.39, 0.29) is 36.2 Å². The van der Waals surface area contributed by atoms with Crippen molar-refractivity contribution in [2.75, 3.05) is 6.54 Å². The predicted molar refractivity (Wildman–Crippen MR) is 88.8 cm³/mol. The van der Waals surface area contributed by atoms with Crippen LogP contribution in [-0.2, 0) is 19.2 Å². The summed E-state index contributed by atoms with van der Waals surface area (Å²) in [5.74, 6) is -1.03. The smallest absolute Gasteiger partial charge is 0.243 e. The number of amides is 4. The third-order valence-electron chi connectivity index (χ3n) is 3.52. The first-order valence-electron chi connectivity index (χ1n) is 8.35. The maximum Gasteiger partial charge on any atom is 0.243 e. The third kappa shape index (κ3) is 6.97. The molecule has 0 saturated carbocycles. The zero-order valence-corrected chi connectivity index (χ0v) is 14.8. The lowest BCUT2D eigenvalue weighted by atomic mass is 10.0. The van der Waals surface area contributed by atoms with Crippen LogP contribution in [0.15, 0.2) is 0 Å². The summed E-state index contributed by atoms with van der Waals surface area (Å²) in [5.41, 5.74) is 0. The standard InChI is InChI=1S/C16H28N4O4/c1-9(2)7-12(15(23)17-8-14(22)18-10(3)4)20-16(24)11-5-6-13(21)19-11/h9-12H,5-8H2,1-4H3,(H,17,23)(H,18,22)(H,19,21)(H,20,24)/t11-,12-/m0/s1.